The molecule has 0 amide bonds. The Labute approximate surface area is 741 Å². The Balaban J connectivity index is 0.000000111. The average molecular weight is 1710 g/mol. The lowest BCUT2D eigenvalue weighted by atomic mass is 9.96. The van der Waals surface area contributed by atoms with Gasteiger partial charge in [0.2, 0.25) is 0 Å². The van der Waals surface area contributed by atoms with Gasteiger partial charge in [0.25, 0.3) is 0 Å². The van der Waals surface area contributed by atoms with Crippen molar-refractivity contribution < 1.29 is 57.1 Å². The van der Waals surface area contributed by atoms with Gasteiger partial charge in [-0.05, 0) is 165 Å². The first-order chi connectivity index (χ1) is 62.3. The molecule has 14 heterocycles. The van der Waals surface area contributed by atoms with Crippen LogP contribution in [0.3, 0.4) is 0 Å². The first-order valence-corrected chi connectivity index (χ1v) is 43.4. The van der Waals surface area contributed by atoms with Gasteiger partial charge >= 0.3 is 23.9 Å². The molecule has 27 heteroatoms. The Morgan fingerprint density at radius 3 is 1.27 bits per heavy atom. The third kappa shape index (κ3) is 16.5. The quantitative estimate of drug-likeness (QED) is 0.0438. The summed E-state index contributed by atoms with van der Waals surface area (Å²) in [7, 11) is 3.19. The molecule has 0 aliphatic carbocycles. The molecule has 27 nitrogen and oxygen atoms in total. The summed E-state index contributed by atoms with van der Waals surface area (Å²) in [5.74, 6) is 10.2. The SMILES string of the molecule is C#Cc1ccc(-c2cn3c(n2)CN(CCc2ccc4c(c2C)COC4=O)CC3)cc1OC.C=C1OCc2cc(-c3cn4c(n3)CN(CCc3ccc5c(c3C)COC5=O)CC4)ccc21.C=C1OCc2cc(-c3nc4n(n3)CCN(CCc3ccc5c(c3C)COC5=O)C4)ccc21.COc1cc(-c2nnc3n2CCN(CCc2ccc4c(c2C)COC4=O)C3)ccc1C#N. The maximum absolute atomic E-state index is 11.8. The average Bonchev–Trinajstić information content (AvgIpc) is 1.62. The summed E-state index contributed by atoms with van der Waals surface area (Å²) in [6, 6.07) is 41.9. The number of carbonyl (C=O) groups is 4. The zero-order chi connectivity index (χ0) is 88.1. The van der Waals surface area contributed by atoms with Crippen molar-refractivity contribution >= 4 is 35.4 Å². The highest BCUT2D eigenvalue weighted by Crippen LogP contribution is 2.38. The zero-order valence-electron chi connectivity index (χ0n) is 72.7. The van der Waals surface area contributed by atoms with Crippen LogP contribution in [0.15, 0.2) is 147 Å². The predicted molar refractivity (Wildman–Crippen MR) is 477 cm³/mol. The highest BCUT2D eigenvalue weighted by molar-refractivity contribution is 5.96. The number of ether oxygens (including phenoxy) is 8. The van der Waals surface area contributed by atoms with Gasteiger partial charge in [-0.25, -0.2) is 38.8 Å². The lowest BCUT2D eigenvalue weighted by Crippen LogP contribution is -2.35. The number of terminal acetylenes is 1. The third-order valence-electron chi connectivity index (χ3n) is 26.6. The van der Waals surface area contributed by atoms with Crippen molar-refractivity contribution in [1.82, 2.24) is 68.2 Å². The summed E-state index contributed by atoms with van der Waals surface area (Å²) in [6.45, 7) is 33.2. The zero-order valence-corrected chi connectivity index (χ0v) is 72.7. The van der Waals surface area contributed by atoms with E-state index in [4.69, 9.17) is 64.4 Å². The molecule has 0 unspecified atom stereocenters. The minimum absolute atomic E-state index is 0.200. The molecule has 0 spiro atoms. The molecule has 4 aromatic heterocycles. The lowest BCUT2D eigenvalue weighted by Gasteiger charge is -2.28. The van der Waals surface area contributed by atoms with Crippen molar-refractivity contribution in [3.05, 3.63) is 293 Å². The first-order valence-electron chi connectivity index (χ1n) is 43.4. The third-order valence-corrected chi connectivity index (χ3v) is 26.6. The summed E-state index contributed by atoms with van der Waals surface area (Å²) in [5.41, 5.74) is 28.5. The van der Waals surface area contributed by atoms with E-state index in [-0.39, 0.29) is 23.9 Å². The fraction of sp³-hybridized carbons (Fsp3) is 0.317. The number of esters is 4. The van der Waals surface area contributed by atoms with Gasteiger partial charge in [-0.2, -0.15) is 10.4 Å². The van der Waals surface area contributed by atoms with Crippen molar-refractivity contribution in [2.24, 2.45) is 0 Å². The van der Waals surface area contributed by atoms with E-state index >= 15 is 0 Å². The fourth-order valence-corrected chi connectivity index (χ4v) is 18.8. The Kier molecular flexibility index (Phi) is 23.1. The van der Waals surface area contributed by atoms with Crippen molar-refractivity contribution in [3.8, 4) is 75.2 Å². The molecule has 10 aliphatic heterocycles. The molecular formula is C101H97N15O12. The Morgan fingerprint density at radius 2 is 0.805 bits per heavy atom. The Bertz CT molecular complexity index is 6350. The number of methoxy groups -OCH3 is 2. The van der Waals surface area contributed by atoms with Gasteiger partial charge in [0.05, 0.1) is 91.7 Å². The van der Waals surface area contributed by atoms with Gasteiger partial charge in [-0.1, -0.05) is 73.7 Å². The molecule has 12 aromatic rings. The Hall–Kier alpha value is -14.1. The van der Waals surface area contributed by atoms with E-state index < -0.39 is 0 Å². The number of imidazole rings is 2. The topological polar surface area (TPSA) is 276 Å². The van der Waals surface area contributed by atoms with Crippen molar-refractivity contribution in [3.63, 3.8) is 0 Å². The van der Waals surface area contributed by atoms with Gasteiger partial charge in [0.15, 0.2) is 11.6 Å². The molecule has 0 atom stereocenters. The number of aromatic nitrogens is 10. The fourth-order valence-electron chi connectivity index (χ4n) is 18.8. The number of nitrogens with zero attached hydrogens (tertiary/aromatic N) is 15. The summed E-state index contributed by atoms with van der Waals surface area (Å²) < 4.78 is 51.3. The molecule has 0 fully saturated rings. The predicted octanol–water partition coefficient (Wildman–Crippen LogP) is 14.0. The molecule has 10 aliphatic rings. The van der Waals surface area contributed by atoms with Crippen LogP contribution in [0.4, 0.5) is 0 Å². The number of hydrogen-bond acceptors (Lipinski definition) is 23. The van der Waals surface area contributed by atoms with Crippen LogP contribution in [0.2, 0.25) is 0 Å². The molecule has 0 radical (unpaired) electrons. The molecule has 0 N–H and O–H groups in total. The van der Waals surface area contributed by atoms with Gasteiger partial charge in [0, 0.05) is 151 Å². The molecule has 128 heavy (non-hydrogen) atoms. The van der Waals surface area contributed by atoms with E-state index in [1.165, 1.54) is 44.5 Å². The largest absolute Gasteiger partial charge is 0.495 e. The highest BCUT2D eigenvalue weighted by Gasteiger charge is 2.33. The summed E-state index contributed by atoms with van der Waals surface area (Å²) in [6.07, 6.45) is 13.6. The van der Waals surface area contributed by atoms with Crippen LogP contribution < -0.4 is 9.47 Å². The number of hydrogen-bond donors (Lipinski definition) is 0. The number of benzene rings is 8. The molecule has 8 aromatic carbocycles. The summed E-state index contributed by atoms with van der Waals surface area (Å²) >= 11 is 0. The van der Waals surface area contributed by atoms with E-state index in [2.05, 4.69) is 151 Å². The number of carbonyl (C=O) groups excluding carboxylic acids is 4. The normalized spacial score (nSPS) is 16.1. The number of nitriles is 1. The van der Waals surface area contributed by atoms with Crippen LogP contribution in [0.5, 0.6) is 11.5 Å². The summed E-state index contributed by atoms with van der Waals surface area (Å²) in [4.78, 5) is 71.4. The van der Waals surface area contributed by atoms with Crippen LogP contribution in [0, 0.1) is 51.4 Å². The molecular weight excluding hydrogens is 1620 g/mol. The second-order valence-electron chi connectivity index (χ2n) is 33.8. The number of rotatable bonds is 18. The van der Waals surface area contributed by atoms with Crippen molar-refractivity contribution in [2.45, 2.75) is 145 Å². The maximum atomic E-state index is 11.8. The second kappa shape index (κ2) is 35.4. The standard InChI is InChI=1S/2C26H25N3O3.C25H24N4O3.C24H23N5O3/c1-16-18(3-6-22-23(16)15-32-26(22)30)7-8-28-9-10-29-12-24(27-25(29)13-28)19-4-5-21-17(2)31-14-20(21)11-19;1-4-18-5-6-20(13-24(18)31-3)23-14-29-12-11-28(15-25(29)27-23)10-9-19-7-8-21-22(17(19)2)16-32-26(21)30;1-15-17(3-6-21-22(15)14-32-25(21)30)7-8-28-9-10-29-23(12-28)26-24(27-29)18-4-5-20-16(2)31-13-19(20)11-18;1-15-16(5-6-19-20(15)14-32-24(19)30)7-8-28-9-10-29-22(13-28)26-27-23(29)17-3-4-18(12-25)21(11-17)31-2/h3-6,11-12H,2,7-10,13-15H2,1H3;1,5-8,13-14H,9-12,15-16H2,2-3H3;3-6,11H,2,7-10,12-14H2,1H3;3-6,11H,7-10,13-14H2,1-2H3. The van der Waals surface area contributed by atoms with Gasteiger partial charge < -0.3 is 51.6 Å². The monoisotopic (exact) mass is 1710 g/mol. The van der Waals surface area contributed by atoms with Crippen LogP contribution in [0.1, 0.15) is 165 Å². The van der Waals surface area contributed by atoms with Crippen LogP contribution in [-0.4, -0.2) is 159 Å². The summed E-state index contributed by atoms with van der Waals surface area (Å²) in [5, 5.41) is 22.8. The smallest absolute Gasteiger partial charge is 0.338 e. The van der Waals surface area contributed by atoms with Gasteiger partial charge in [-0.15, -0.1) is 16.6 Å². The van der Waals surface area contributed by atoms with E-state index in [1.807, 2.05) is 77.5 Å². The van der Waals surface area contributed by atoms with E-state index in [0.717, 1.165) is 266 Å². The number of fused-ring (bicyclic) bond motifs is 10. The minimum atomic E-state index is -0.222. The van der Waals surface area contributed by atoms with Gasteiger partial charge in [-0.3, -0.25) is 19.6 Å². The first kappa shape index (κ1) is 83.5. The minimum Gasteiger partial charge on any atom is -0.495 e. The second-order valence-corrected chi connectivity index (χ2v) is 33.8. The maximum Gasteiger partial charge on any atom is 0.338 e. The van der Waals surface area contributed by atoms with E-state index in [9.17, 15) is 24.4 Å². The van der Waals surface area contributed by atoms with Crippen LogP contribution in [0.25, 0.3) is 56.8 Å². The van der Waals surface area contributed by atoms with Gasteiger partial charge in [0.1, 0.15) is 92.0 Å². The van der Waals surface area contributed by atoms with Crippen molar-refractivity contribution in [2.75, 3.05) is 66.6 Å². The van der Waals surface area contributed by atoms with Crippen LogP contribution in [-0.2, 0) is 146 Å². The lowest BCUT2D eigenvalue weighted by molar-refractivity contribution is 0.0526. The highest BCUT2D eigenvalue weighted by atomic mass is 16.6. The van der Waals surface area contributed by atoms with E-state index in [1.54, 1.807) is 20.3 Å². The Morgan fingerprint density at radius 1 is 0.414 bits per heavy atom. The van der Waals surface area contributed by atoms with E-state index in [0.29, 0.717) is 73.4 Å². The number of cyclic esters (lactones) is 4. The molecule has 0 saturated carbocycles. The van der Waals surface area contributed by atoms with Crippen molar-refractivity contribution in [1.29, 1.82) is 5.26 Å². The molecule has 0 saturated heterocycles. The molecule has 648 valence electrons. The van der Waals surface area contributed by atoms with Crippen LogP contribution >= 0.6 is 0 Å². The molecule has 22 rings (SSSR count). The molecule has 0 bridgehead atoms.